The van der Waals surface area contributed by atoms with Crippen LogP contribution in [0.1, 0.15) is 80.1 Å². The molecule has 0 aromatic carbocycles. The summed E-state index contributed by atoms with van der Waals surface area (Å²) < 4.78 is 12.4. The molecule has 0 aromatic rings. The fourth-order valence-electron chi connectivity index (χ4n) is 4.58. The maximum Gasteiger partial charge on any atom is 0.0928 e. The van der Waals surface area contributed by atoms with Gasteiger partial charge in [0.05, 0.1) is 34.4 Å². The molecule has 0 N–H and O–H groups in total. The van der Waals surface area contributed by atoms with E-state index >= 15 is 0 Å². The monoisotopic (exact) mass is 374 g/mol. The fourth-order valence-corrected chi connectivity index (χ4v) is 6.09. The van der Waals surface area contributed by atoms with Crippen LogP contribution in [0.3, 0.4) is 0 Å². The van der Waals surface area contributed by atoms with E-state index in [4.69, 9.17) is 8.37 Å². The Balaban J connectivity index is 1.76. The van der Waals surface area contributed by atoms with E-state index in [-0.39, 0.29) is 0 Å². The normalized spacial score (nSPS) is 38.0. The van der Waals surface area contributed by atoms with Crippen LogP contribution in [0.5, 0.6) is 0 Å². The van der Waals surface area contributed by atoms with E-state index < -0.39 is 0 Å². The van der Waals surface area contributed by atoms with Gasteiger partial charge < -0.3 is 0 Å². The van der Waals surface area contributed by atoms with Gasteiger partial charge in [0.2, 0.25) is 0 Å². The predicted molar refractivity (Wildman–Crippen MR) is 108 cm³/mol. The lowest BCUT2D eigenvalue weighted by Gasteiger charge is -2.37. The average molecular weight is 375 g/mol. The van der Waals surface area contributed by atoms with Crippen molar-refractivity contribution in [2.45, 2.75) is 92.3 Å². The third-order valence-corrected chi connectivity index (χ3v) is 7.62. The molecule has 142 valence electrons. The summed E-state index contributed by atoms with van der Waals surface area (Å²) in [5, 5.41) is 0. The Hall–Kier alpha value is 0.620. The molecule has 0 aliphatic heterocycles. The SMILES string of the molecule is CC(C)C1CC[C@H](C)C[C@@H]1OSSO[C@@H]1C[C@H](C)CCC1C(C)C. The van der Waals surface area contributed by atoms with Crippen LogP contribution < -0.4 is 0 Å². The Labute approximate surface area is 158 Å². The van der Waals surface area contributed by atoms with E-state index in [9.17, 15) is 0 Å². The molecule has 24 heavy (non-hydrogen) atoms. The zero-order valence-electron chi connectivity index (χ0n) is 16.5. The van der Waals surface area contributed by atoms with Crippen LogP contribution in [0.2, 0.25) is 0 Å². The molecular weight excluding hydrogens is 336 g/mol. The first-order chi connectivity index (χ1) is 11.4. The fraction of sp³-hybridized carbons (Fsp3) is 1.00. The van der Waals surface area contributed by atoms with Crippen LogP contribution in [0, 0.1) is 35.5 Å². The van der Waals surface area contributed by atoms with Gasteiger partial charge in [-0.1, -0.05) is 54.4 Å². The second-order valence-corrected chi connectivity index (χ2v) is 10.5. The number of rotatable bonds is 7. The van der Waals surface area contributed by atoms with Crippen LogP contribution in [-0.4, -0.2) is 12.2 Å². The molecule has 2 saturated carbocycles. The molecule has 6 atom stereocenters. The van der Waals surface area contributed by atoms with Gasteiger partial charge >= 0.3 is 0 Å². The zero-order chi connectivity index (χ0) is 17.7. The Bertz CT molecular complexity index is 328. The summed E-state index contributed by atoms with van der Waals surface area (Å²) in [6.07, 6.45) is 8.51. The highest BCUT2D eigenvalue weighted by Gasteiger charge is 2.34. The van der Waals surface area contributed by atoms with Gasteiger partial charge in [-0.2, -0.15) is 0 Å². The van der Waals surface area contributed by atoms with Gasteiger partial charge in [0.25, 0.3) is 0 Å². The molecular formula is C20H38O2S2. The highest BCUT2D eigenvalue weighted by atomic mass is 33.1. The van der Waals surface area contributed by atoms with Gasteiger partial charge in [0, 0.05) is 0 Å². The molecule has 0 radical (unpaired) electrons. The summed E-state index contributed by atoms with van der Waals surface area (Å²) in [5.74, 6) is 4.40. The lowest BCUT2D eigenvalue weighted by Crippen LogP contribution is -2.33. The molecule has 0 amide bonds. The largest absolute Gasteiger partial charge is 0.300 e. The van der Waals surface area contributed by atoms with Gasteiger partial charge in [-0.15, -0.1) is 0 Å². The minimum absolute atomic E-state index is 0.390. The topological polar surface area (TPSA) is 18.5 Å². The van der Waals surface area contributed by atoms with Gasteiger partial charge in [-0.05, 0) is 61.2 Å². The van der Waals surface area contributed by atoms with Crippen LogP contribution in [0.25, 0.3) is 0 Å². The van der Waals surface area contributed by atoms with E-state index in [2.05, 4.69) is 41.5 Å². The van der Waals surface area contributed by atoms with E-state index in [1.54, 1.807) is 0 Å². The van der Waals surface area contributed by atoms with Crippen LogP contribution >= 0.6 is 22.1 Å². The molecule has 4 heteroatoms. The Morgan fingerprint density at radius 3 is 1.38 bits per heavy atom. The molecule has 0 aromatic heterocycles. The van der Waals surface area contributed by atoms with Gasteiger partial charge in [-0.25, -0.2) is 0 Å². The zero-order valence-corrected chi connectivity index (χ0v) is 18.1. The second kappa shape index (κ2) is 10.1. The van der Waals surface area contributed by atoms with Gasteiger partial charge in [0.15, 0.2) is 0 Å². The molecule has 2 aliphatic rings. The predicted octanol–water partition coefficient (Wildman–Crippen LogP) is 7.15. The lowest BCUT2D eigenvalue weighted by atomic mass is 9.75. The van der Waals surface area contributed by atoms with Crippen molar-refractivity contribution in [2.75, 3.05) is 0 Å². The highest BCUT2D eigenvalue weighted by molar-refractivity contribution is 8.73. The van der Waals surface area contributed by atoms with Crippen molar-refractivity contribution in [1.29, 1.82) is 0 Å². The molecule has 0 saturated heterocycles. The van der Waals surface area contributed by atoms with Crippen molar-refractivity contribution in [1.82, 2.24) is 0 Å². The highest BCUT2D eigenvalue weighted by Crippen LogP contribution is 2.42. The lowest BCUT2D eigenvalue weighted by molar-refractivity contribution is 0.0589. The van der Waals surface area contributed by atoms with Crippen molar-refractivity contribution >= 4 is 22.1 Å². The maximum atomic E-state index is 6.20. The molecule has 2 aliphatic carbocycles. The van der Waals surface area contributed by atoms with E-state index in [0.29, 0.717) is 35.9 Å². The van der Waals surface area contributed by atoms with Crippen molar-refractivity contribution in [2.24, 2.45) is 35.5 Å². The molecule has 2 nitrogen and oxygen atoms in total. The summed E-state index contributed by atoms with van der Waals surface area (Å²) in [4.78, 5) is 0. The molecule has 2 fully saturated rings. The summed E-state index contributed by atoms with van der Waals surface area (Å²) in [6, 6.07) is 0. The summed E-state index contributed by atoms with van der Waals surface area (Å²) in [5.41, 5.74) is 0. The van der Waals surface area contributed by atoms with Crippen molar-refractivity contribution in [3.05, 3.63) is 0 Å². The van der Waals surface area contributed by atoms with Crippen LogP contribution in [-0.2, 0) is 8.37 Å². The Kier molecular flexibility index (Phi) is 8.79. The smallest absolute Gasteiger partial charge is 0.0928 e. The van der Waals surface area contributed by atoms with E-state index in [0.717, 1.165) is 11.8 Å². The summed E-state index contributed by atoms with van der Waals surface area (Å²) >= 11 is 2.97. The molecule has 0 heterocycles. The second-order valence-electron chi connectivity index (χ2n) is 9.06. The van der Waals surface area contributed by atoms with Crippen molar-refractivity contribution in [3.8, 4) is 0 Å². The van der Waals surface area contributed by atoms with E-state index in [1.165, 1.54) is 60.7 Å². The van der Waals surface area contributed by atoms with Gasteiger partial charge in [0.1, 0.15) is 0 Å². The molecule has 0 spiro atoms. The molecule has 2 unspecified atom stereocenters. The first-order valence-corrected chi connectivity index (χ1v) is 12.0. The Morgan fingerprint density at radius 1 is 0.667 bits per heavy atom. The third-order valence-electron chi connectivity index (χ3n) is 6.28. The molecule has 2 rings (SSSR count). The van der Waals surface area contributed by atoms with E-state index in [1.807, 2.05) is 0 Å². The quantitative estimate of drug-likeness (QED) is 0.267. The maximum absolute atomic E-state index is 6.20. The van der Waals surface area contributed by atoms with Crippen LogP contribution in [0.15, 0.2) is 0 Å². The average Bonchev–Trinajstić information content (AvgIpc) is 2.51. The number of hydrogen-bond acceptors (Lipinski definition) is 4. The van der Waals surface area contributed by atoms with Gasteiger partial charge in [-0.3, -0.25) is 8.37 Å². The van der Waals surface area contributed by atoms with Crippen molar-refractivity contribution in [3.63, 3.8) is 0 Å². The number of hydrogen-bond donors (Lipinski definition) is 0. The Morgan fingerprint density at radius 2 is 1.04 bits per heavy atom. The first-order valence-electron chi connectivity index (χ1n) is 10.0. The summed E-state index contributed by atoms with van der Waals surface area (Å²) in [6.45, 7) is 14.1. The molecule has 0 bridgehead atoms. The standard InChI is InChI=1S/C20H38O2S2/c1-13(2)17-9-7-15(5)11-19(17)21-23-24-22-20-12-16(6)8-10-18(20)14(3)4/h13-20H,7-12H2,1-6H3/t15-,16+,17?,18?,19-,20+. The minimum Gasteiger partial charge on any atom is -0.300 e. The van der Waals surface area contributed by atoms with Crippen molar-refractivity contribution < 1.29 is 8.37 Å². The van der Waals surface area contributed by atoms with Crippen LogP contribution in [0.4, 0.5) is 0 Å². The summed E-state index contributed by atoms with van der Waals surface area (Å²) in [7, 11) is 0. The first kappa shape index (κ1) is 20.9. The minimum atomic E-state index is 0.390. The third kappa shape index (κ3) is 6.10.